The Balaban J connectivity index is 1.57. The second-order valence-corrected chi connectivity index (χ2v) is 6.95. The van der Waals surface area contributed by atoms with Crippen LogP contribution in [0.25, 0.3) is 0 Å². The lowest BCUT2D eigenvalue weighted by atomic mass is 10.1. The molecule has 0 saturated carbocycles. The number of fused-ring (bicyclic) bond motifs is 1. The highest BCUT2D eigenvalue weighted by Crippen LogP contribution is 2.33. The first kappa shape index (κ1) is 17.2. The maximum Gasteiger partial charge on any atom is 0.231 e. The molecule has 138 valence electrons. The number of carbonyl (C=O) groups excluding carboxylic acids is 1. The fraction of sp³-hybridized carbons (Fsp3) is 0.444. The molecule has 1 aromatic carbocycles. The van der Waals surface area contributed by atoms with E-state index in [9.17, 15) is 4.79 Å². The number of rotatable bonds is 5. The highest BCUT2D eigenvalue weighted by molar-refractivity contribution is 6.31. The Morgan fingerprint density at radius 1 is 1.35 bits per heavy atom. The third-order valence-corrected chi connectivity index (χ3v) is 4.91. The summed E-state index contributed by atoms with van der Waals surface area (Å²) in [6.45, 7) is 2.11. The van der Waals surface area contributed by atoms with E-state index in [0.717, 1.165) is 17.7 Å². The van der Waals surface area contributed by atoms with Gasteiger partial charge >= 0.3 is 0 Å². The third-order valence-electron chi connectivity index (χ3n) is 4.60. The molecule has 0 N–H and O–H groups in total. The molecule has 0 aliphatic carbocycles. The Hall–Kier alpha value is -2.25. The van der Waals surface area contributed by atoms with E-state index in [1.165, 1.54) is 0 Å². The van der Waals surface area contributed by atoms with E-state index in [-0.39, 0.29) is 18.6 Å². The van der Waals surface area contributed by atoms with Crippen molar-refractivity contribution < 1.29 is 19.0 Å². The van der Waals surface area contributed by atoms with Crippen molar-refractivity contribution in [2.45, 2.75) is 19.5 Å². The molecule has 2 aliphatic heterocycles. The van der Waals surface area contributed by atoms with Crippen LogP contribution in [-0.2, 0) is 29.7 Å². The number of nitrogens with zero attached hydrogens (tertiary/aromatic N) is 3. The Morgan fingerprint density at radius 2 is 2.19 bits per heavy atom. The van der Waals surface area contributed by atoms with Crippen LogP contribution < -0.4 is 9.47 Å². The van der Waals surface area contributed by atoms with Crippen LogP contribution in [-0.4, -0.2) is 40.6 Å². The number of hydrogen-bond acceptors (Lipinski definition) is 5. The Bertz CT molecular complexity index is 817. The second kappa shape index (κ2) is 7.17. The van der Waals surface area contributed by atoms with Gasteiger partial charge in [-0.05, 0) is 24.1 Å². The van der Waals surface area contributed by atoms with Crippen molar-refractivity contribution in [2.24, 2.45) is 13.0 Å². The van der Waals surface area contributed by atoms with Gasteiger partial charge in [-0.15, -0.1) is 0 Å². The molecule has 1 atom stereocenters. The summed E-state index contributed by atoms with van der Waals surface area (Å²) in [4.78, 5) is 14.8. The summed E-state index contributed by atoms with van der Waals surface area (Å²) < 4.78 is 17.8. The summed E-state index contributed by atoms with van der Waals surface area (Å²) in [7, 11) is 1.81. The topological polar surface area (TPSA) is 65.8 Å². The van der Waals surface area contributed by atoms with Crippen molar-refractivity contribution in [1.82, 2.24) is 14.7 Å². The number of ether oxygens (including phenoxy) is 3. The lowest BCUT2D eigenvalue weighted by molar-refractivity contribution is -0.136. The lowest BCUT2D eigenvalue weighted by Crippen LogP contribution is -2.35. The highest BCUT2D eigenvalue weighted by Gasteiger charge is 2.29. The van der Waals surface area contributed by atoms with Gasteiger partial charge < -0.3 is 19.1 Å². The van der Waals surface area contributed by atoms with E-state index in [1.54, 1.807) is 15.8 Å². The highest BCUT2D eigenvalue weighted by atomic mass is 35.5. The van der Waals surface area contributed by atoms with Crippen LogP contribution in [0.3, 0.4) is 0 Å². The lowest BCUT2D eigenvalue weighted by Gasteiger charge is -2.25. The first-order chi connectivity index (χ1) is 12.6. The SMILES string of the molecule is Cn1cc(Cl)c(CN(Cc2ccc3c(c2)OCO3)C(=O)[C@H]2CCOC2)n1. The van der Waals surface area contributed by atoms with E-state index in [2.05, 4.69) is 5.10 Å². The average molecular weight is 378 g/mol. The monoisotopic (exact) mass is 377 g/mol. The molecule has 2 aromatic rings. The number of aryl methyl sites for hydroxylation is 1. The largest absolute Gasteiger partial charge is 0.454 e. The van der Waals surface area contributed by atoms with Crippen LogP contribution in [0.4, 0.5) is 0 Å². The molecule has 4 rings (SSSR count). The molecule has 3 heterocycles. The van der Waals surface area contributed by atoms with Gasteiger partial charge in [-0.2, -0.15) is 5.10 Å². The van der Waals surface area contributed by atoms with Crippen LogP contribution in [0.1, 0.15) is 17.7 Å². The van der Waals surface area contributed by atoms with Crippen LogP contribution in [0.2, 0.25) is 5.02 Å². The van der Waals surface area contributed by atoms with Gasteiger partial charge in [0, 0.05) is 26.4 Å². The predicted octanol–water partition coefficient (Wildman–Crippen LogP) is 2.37. The molecule has 0 spiro atoms. The molecule has 8 heteroatoms. The molecule has 2 aliphatic rings. The zero-order valence-corrected chi connectivity index (χ0v) is 15.2. The van der Waals surface area contributed by atoms with Gasteiger partial charge in [-0.25, -0.2) is 0 Å². The van der Waals surface area contributed by atoms with Crippen molar-refractivity contribution >= 4 is 17.5 Å². The fourth-order valence-corrected chi connectivity index (χ4v) is 3.49. The van der Waals surface area contributed by atoms with Gasteiger partial charge in [0.25, 0.3) is 0 Å². The number of benzene rings is 1. The Labute approximate surface area is 156 Å². The minimum Gasteiger partial charge on any atom is -0.454 e. The number of amides is 1. The Morgan fingerprint density at radius 3 is 2.92 bits per heavy atom. The fourth-order valence-electron chi connectivity index (χ4n) is 3.25. The van der Waals surface area contributed by atoms with Crippen molar-refractivity contribution in [3.63, 3.8) is 0 Å². The molecule has 1 aromatic heterocycles. The van der Waals surface area contributed by atoms with Crippen LogP contribution in [0.5, 0.6) is 11.5 Å². The Kier molecular flexibility index (Phi) is 4.74. The number of carbonyl (C=O) groups is 1. The van der Waals surface area contributed by atoms with Gasteiger partial charge in [0.1, 0.15) is 5.69 Å². The molecule has 0 bridgehead atoms. The maximum absolute atomic E-state index is 13.0. The summed E-state index contributed by atoms with van der Waals surface area (Å²) in [5, 5.41) is 4.93. The smallest absolute Gasteiger partial charge is 0.231 e. The molecule has 0 unspecified atom stereocenters. The summed E-state index contributed by atoms with van der Waals surface area (Å²) >= 11 is 6.25. The molecule has 1 fully saturated rings. The van der Waals surface area contributed by atoms with E-state index in [1.807, 2.05) is 25.2 Å². The quantitative estimate of drug-likeness (QED) is 0.800. The van der Waals surface area contributed by atoms with Crippen molar-refractivity contribution in [2.75, 3.05) is 20.0 Å². The molecule has 1 amide bonds. The zero-order chi connectivity index (χ0) is 18.1. The van der Waals surface area contributed by atoms with Crippen LogP contribution >= 0.6 is 11.6 Å². The van der Waals surface area contributed by atoms with E-state index < -0.39 is 0 Å². The first-order valence-corrected chi connectivity index (χ1v) is 8.91. The molecular formula is C18H20ClN3O4. The molecule has 0 radical (unpaired) electrons. The second-order valence-electron chi connectivity index (χ2n) is 6.54. The van der Waals surface area contributed by atoms with Gasteiger partial charge in [-0.3, -0.25) is 9.48 Å². The summed E-state index contributed by atoms with van der Waals surface area (Å²) in [5.41, 5.74) is 1.65. The minimum absolute atomic E-state index is 0.0573. The minimum atomic E-state index is -0.119. The van der Waals surface area contributed by atoms with E-state index >= 15 is 0 Å². The standard InChI is InChI=1S/C18H20ClN3O4/c1-21-8-14(19)15(20-21)9-22(18(23)13-4-5-24-10-13)7-12-2-3-16-17(6-12)26-11-25-16/h2-3,6,8,13H,4-5,7,9-11H2,1H3/t13-/m0/s1. The summed E-state index contributed by atoms with van der Waals surface area (Å²) in [6.07, 6.45) is 2.48. The van der Waals surface area contributed by atoms with Gasteiger partial charge in [0.15, 0.2) is 11.5 Å². The first-order valence-electron chi connectivity index (χ1n) is 8.53. The maximum atomic E-state index is 13.0. The summed E-state index contributed by atoms with van der Waals surface area (Å²) in [6, 6.07) is 5.72. The predicted molar refractivity (Wildman–Crippen MR) is 94.0 cm³/mol. The number of aromatic nitrogens is 2. The third kappa shape index (κ3) is 3.50. The summed E-state index contributed by atoms with van der Waals surface area (Å²) in [5.74, 6) is 1.37. The molecule has 7 nitrogen and oxygen atoms in total. The van der Waals surface area contributed by atoms with Crippen molar-refractivity contribution in [3.8, 4) is 11.5 Å². The number of hydrogen-bond donors (Lipinski definition) is 0. The van der Waals surface area contributed by atoms with Gasteiger partial charge in [0.05, 0.1) is 24.1 Å². The average Bonchev–Trinajstić information content (AvgIpc) is 3.35. The van der Waals surface area contributed by atoms with Crippen molar-refractivity contribution in [1.29, 1.82) is 0 Å². The van der Waals surface area contributed by atoms with Crippen molar-refractivity contribution in [3.05, 3.63) is 40.7 Å². The molecular weight excluding hydrogens is 358 g/mol. The normalized spacial score (nSPS) is 18.3. The van der Waals surface area contributed by atoms with E-state index in [0.29, 0.717) is 42.8 Å². The zero-order valence-electron chi connectivity index (χ0n) is 14.5. The molecule has 1 saturated heterocycles. The van der Waals surface area contributed by atoms with Crippen LogP contribution in [0.15, 0.2) is 24.4 Å². The number of halogens is 1. The molecule has 26 heavy (non-hydrogen) atoms. The van der Waals surface area contributed by atoms with Gasteiger partial charge in [0.2, 0.25) is 12.7 Å². The van der Waals surface area contributed by atoms with E-state index in [4.69, 9.17) is 25.8 Å². The van der Waals surface area contributed by atoms with Gasteiger partial charge in [-0.1, -0.05) is 17.7 Å². The van der Waals surface area contributed by atoms with Crippen LogP contribution in [0, 0.1) is 5.92 Å².